The highest BCUT2D eigenvalue weighted by Crippen LogP contribution is 2.41. The number of methoxy groups -OCH3 is 1. The second kappa shape index (κ2) is 14.4. The predicted molar refractivity (Wildman–Crippen MR) is 171 cm³/mol. The fourth-order valence-corrected chi connectivity index (χ4v) is 5.90. The molecule has 0 atom stereocenters. The molecule has 0 saturated heterocycles. The van der Waals surface area contributed by atoms with E-state index >= 15 is 0 Å². The summed E-state index contributed by atoms with van der Waals surface area (Å²) >= 11 is 13.8. The smallest absolute Gasteiger partial charge is 0.274 e. The number of hydrogen-bond donors (Lipinski definition) is 4. The van der Waals surface area contributed by atoms with Crippen molar-refractivity contribution >= 4 is 34.8 Å². The number of aromatic nitrogens is 3. The molecule has 230 valence electrons. The summed E-state index contributed by atoms with van der Waals surface area (Å²) in [6.45, 7) is 4.90. The summed E-state index contributed by atoms with van der Waals surface area (Å²) in [5.41, 5.74) is 6.81. The number of ether oxygens (including phenoxy) is 1. The van der Waals surface area contributed by atoms with Crippen molar-refractivity contribution in [2.45, 2.75) is 26.4 Å². The zero-order valence-electron chi connectivity index (χ0n) is 24.5. The normalized spacial score (nSPS) is 13.0. The Morgan fingerprint density at radius 3 is 2.55 bits per heavy atom. The summed E-state index contributed by atoms with van der Waals surface area (Å²) < 4.78 is 5.46. The highest BCUT2D eigenvalue weighted by Gasteiger charge is 2.23. The number of nitrogens with one attached hydrogen (secondary N) is 2. The van der Waals surface area contributed by atoms with Gasteiger partial charge in [0.05, 0.1) is 53.6 Å². The first-order valence-electron chi connectivity index (χ1n) is 14.3. The molecule has 0 unspecified atom stereocenters. The minimum absolute atomic E-state index is 0.0131. The first kappa shape index (κ1) is 31.8. The van der Waals surface area contributed by atoms with Gasteiger partial charge in [-0.2, -0.15) is 0 Å². The number of aryl methyl sites for hydroxylation is 1. The van der Waals surface area contributed by atoms with Crippen molar-refractivity contribution in [1.82, 2.24) is 25.2 Å². The average molecular weight is 638 g/mol. The zero-order chi connectivity index (χ0) is 31.2. The summed E-state index contributed by atoms with van der Waals surface area (Å²) in [5.74, 6) is -0.0192. The van der Waals surface area contributed by atoms with Crippen LogP contribution in [-0.2, 0) is 19.5 Å². The number of anilines is 1. The van der Waals surface area contributed by atoms with Crippen molar-refractivity contribution in [1.29, 1.82) is 0 Å². The Labute approximate surface area is 266 Å². The number of β-amino-alcohol motifs (C(OH)–C–C–N with tert-alkyl or cyclic N) is 1. The number of rotatable bonds is 11. The van der Waals surface area contributed by atoms with Gasteiger partial charge in [-0.05, 0) is 36.6 Å². The highest BCUT2D eigenvalue weighted by atomic mass is 35.5. The van der Waals surface area contributed by atoms with E-state index in [0.29, 0.717) is 81.6 Å². The predicted octanol–water partition coefficient (Wildman–Crippen LogP) is 4.51. The van der Waals surface area contributed by atoms with Crippen LogP contribution in [0.4, 0.5) is 5.69 Å². The molecule has 2 aromatic carbocycles. The molecule has 2 aromatic heterocycles. The number of fused-ring (bicyclic) bond motifs is 1. The van der Waals surface area contributed by atoms with Crippen LogP contribution in [-0.4, -0.2) is 75.9 Å². The van der Waals surface area contributed by atoms with E-state index in [4.69, 9.17) is 33.0 Å². The molecule has 4 N–H and O–H groups in total. The lowest BCUT2D eigenvalue weighted by molar-refractivity contribution is 0.102. The van der Waals surface area contributed by atoms with Crippen LogP contribution in [0.1, 0.15) is 33.0 Å². The standard InChI is InChI=1S/C32H34Cl2N6O4/c1-19-15-25(37-28-18-40(12-14-42)11-9-20(19)28)31(43)38-24-8-4-6-22(30(24)34)21-5-3-7-23(29(21)33)26-17-36-27(16-35-10-13-41)32(39-26)44-2/h3-8,15,17,35,41-42H,9-14,16,18H2,1-2H3,(H,38,43). The molecule has 5 rings (SSSR count). The van der Waals surface area contributed by atoms with E-state index < -0.39 is 0 Å². The van der Waals surface area contributed by atoms with Gasteiger partial charge in [-0.15, -0.1) is 0 Å². The molecule has 0 saturated carbocycles. The topological polar surface area (TPSA) is 133 Å². The van der Waals surface area contributed by atoms with Gasteiger partial charge in [0.15, 0.2) is 0 Å². The van der Waals surface area contributed by atoms with Gasteiger partial charge in [-0.3, -0.25) is 14.7 Å². The Morgan fingerprint density at radius 2 is 1.80 bits per heavy atom. The van der Waals surface area contributed by atoms with Crippen LogP contribution in [0.2, 0.25) is 10.0 Å². The quantitative estimate of drug-likeness (QED) is 0.175. The summed E-state index contributed by atoms with van der Waals surface area (Å²) in [7, 11) is 1.52. The fourth-order valence-electron chi connectivity index (χ4n) is 5.30. The zero-order valence-corrected chi connectivity index (χ0v) is 26.0. The molecule has 1 aliphatic rings. The van der Waals surface area contributed by atoms with Crippen LogP contribution in [0.3, 0.4) is 0 Å². The molecule has 4 aromatic rings. The van der Waals surface area contributed by atoms with Gasteiger partial charge in [0.2, 0.25) is 5.88 Å². The van der Waals surface area contributed by atoms with E-state index in [1.807, 2.05) is 31.2 Å². The van der Waals surface area contributed by atoms with Crippen LogP contribution in [0.15, 0.2) is 48.7 Å². The minimum Gasteiger partial charge on any atom is -0.480 e. The van der Waals surface area contributed by atoms with Gasteiger partial charge < -0.3 is 25.6 Å². The molecule has 44 heavy (non-hydrogen) atoms. The SMILES string of the molecule is COc1nc(-c2cccc(-c3cccc(NC(=O)c4cc(C)c5c(n4)CN(CCO)CC5)c3Cl)c2Cl)cnc1CNCCO. The number of hydrogen-bond acceptors (Lipinski definition) is 9. The van der Waals surface area contributed by atoms with Crippen LogP contribution in [0.25, 0.3) is 22.4 Å². The number of benzene rings is 2. The molecule has 0 bridgehead atoms. The van der Waals surface area contributed by atoms with Crippen molar-refractivity contribution in [2.24, 2.45) is 0 Å². The van der Waals surface area contributed by atoms with Gasteiger partial charge in [-0.25, -0.2) is 9.97 Å². The largest absolute Gasteiger partial charge is 0.480 e. The summed E-state index contributed by atoms with van der Waals surface area (Å²) in [4.78, 5) is 29.3. The number of carbonyl (C=O) groups excluding carboxylic acids is 1. The highest BCUT2D eigenvalue weighted by molar-refractivity contribution is 6.39. The van der Waals surface area contributed by atoms with Crippen LogP contribution in [0.5, 0.6) is 5.88 Å². The molecule has 12 heteroatoms. The van der Waals surface area contributed by atoms with Gasteiger partial charge >= 0.3 is 0 Å². The van der Waals surface area contributed by atoms with Crippen molar-refractivity contribution in [2.75, 3.05) is 45.3 Å². The van der Waals surface area contributed by atoms with Gasteiger partial charge in [0.25, 0.3) is 5.91 Å². The Kier molecular flexibility index (Phi) is 10.4. The third-order valence-electron chi connectivity index (χ3n) is 7.53. The maximum Gasteiger partial charge on any atom is 0.274 e. The van der Waals surface area contributed by atoms with Gasteiger partial charge in [-0.1, -0.05) is 53.5 Å². The summed E-state index contributed by atoms with van der Waals surface area (Å²) in [6.07, 6.45) is 2.45. The number of amides is 1. The fraction of sp³-hybridized carbons (Fsp3) is 0.312. The summed E-state index contributed by atoms with van der Waals surface area (Å²) in [6, 6.07) is 12.7. The van der Waals surface area contributed by atoms with Crippen molar-refractivity contribution in [3.8, 4) is 28.3 Å². The van der Waals surface area contributed by atoms with Crippen molar-refractivity contribution in [3.05, 3.63) is 86.9 Å². The monoisotopic (exact) mass is 636 g/mol. The maximum absolute atomic E-state index is 13.4. The molecule has 0 aliphatic carbocycles. The lowest BCUT2D eigenvalue weighted by Gasteiger charge is -2.28. The molecule has 0 fully saturated rings. The third-order valence-corrected chi connectivity index (χ3v) is 8.35. The Balaban J connectivity index is 1.41. The number of carbonyl (C=O) groups is 1. The van der Waals surface area contributed by atoms with E-state index in [1.165, 1.54) is 7.11 Å². The van der Waals surface area contributed by atoms with Crippen LogP contribution in [0, 0.1) is 6.92 Å². The molecule has 3 heterocycles. The summed E-state index contributed by atoms with van der Waals surface area (Å²) in [5, 5.41) is 25.1. The van der Waals surface area contributed by atoms with E-state index in [-0.39, 0.29) is 19.1 Å². The Morgan fingerprint density at radius 1 is 1.05 bits per heavy atom. The number of halogens is 2. The lowest BCUT2D eigenvalue weighted by atomic mass is 9.98. The molecule has 0 radical (unpaired) electrons. The van der Waals surface area contributed by atoms with E-state index in [1.54, 1.807) is 24.4 Å². The van der Waals surface area contributed by atoms with Crippen molar-refractivity contribution in [3.63, 3.8) is 0 Å². The lowest BCUT2D eigenvalue weighted by Crippen LogP contribution is -2.34. The number of aliphatic hydroxyl groups excluding tert-OH is 2. The van der Waals surface area contributed by atoms with E-state index in [9.17, 15) is 9.90 Å². The van der Waals surface area contributed by atoms with Crippen LogP contribution < -0.4 is 15.4 Å². The molecule has 10 nitrogen and oxygen atoms in total. The van der Waals surface area contributed by atoms with E-state index in [2.05, 4.69) is 30.5 Å². The second-order valence-corrected chi connectivity index (χ2v) is 11.2. The first-order valence-corrected chi connectivity index (χ1v) is 15.0. The minimum atomic E-state index is -0.370. The molecule has 0 spiro atoms. The average Bonchev–Trinajstić information content (AvgIpc) is 3.02. The third kappa shape index (κ3) is 6.86. The second-order valence-electron chi connectivity index (χ2n) is 10.4. The molecule has 1 aliphatic heterocycles. The van der Waals surface area contributed by atoms with Gasteiger partial charge in [0.1, 0.15) is 11.4 Å². The maximum atomic E-state index is 13.4. The number of nitrogens with zero attached hydrogens (tertiary/aromatic N) is 4. The molecule has 1 amide bonds. The Hall–Kier alpha value is -3.64. The Bertz CT molecular complexity index is 1670. The molecular weight excluding hydrogens is 603 g/mol. The van der Waals surface area contributed by atoms with Crippen LogP contribution >= 0.6 is 23.2 Å². The molecular formula is C32H34Cl2N6O4. The van der Waals surface area contributed by atoms with Gasteiger partial charge in [0, 0.05) is 49.4 Å². The van der Waals surface area contributed by atoms with E-state index in [0.717, 1.165) is 29.8 Å². The first-order chi connectivity index (χ1) is 21.3. The number of pyridine rings is 1. The number of aliphatic hydroxyl groups is 2. The van der Waals surface area contributed by atoms with Crippen molar-refractivity contribution < 1.29 is 19.7 Å².